The lowest BCUT2D eigenvalue weighted by molar-refractivity contribution is 0.709. The van der Waals surface area contributed by atoms with Crippen LogP contribution in [-0.4, -0.2) is 5.71 Å². The van der Waals surface area contributed by atoms with Gasteiger partial charge in [-0.15, -0.1) is 0 Å². The van der Waals surface area contributed by atoms with Crippen molar-refractivity contribution < 1.29 is 0 Å². The first kappa shape index (κ1) is 21.4. The summed E-state index contributed by atoms with van der Waals surface area (Å²) in [5.74, 6) is 0. The quantitative estimate of drug-likeness (QED) is 0.247. The lowest BCUT2D eigenvalue weighted by Gasteiger charge is -2.27. The van der Waals surface area contributed by atoms with Gasteiger partial charge in [0, 0.05) is 29.0 Å². The molecule has 0 spiro atoms. The van der Waals surface area contributed by atoms with Crippen LogP contribution in [0.2, 0.25) is 0 Å². The zero-order valence-corrected chi connectivity index (χ0v) is 20.1. The Morgan fingerprint density at radius 3 is 1.80 bits per heavy atom. The molecule has 0 fully saturated rings. The predicted molar refractivity (Wildman–Crippen MR) is 148 cm³/mol. The predicted octanol–water partition coefficient (Wildman–Crippen LogP) is 8.57. The fraction of sp³-hybridized carbons (Fsp3) is 0.0645. The van der Waals surface area contributed by atoms with Crippen molar-refractivity contribution in [3.8, 4) is 0 Å². The molecule has 0 aliphatic carbocycles. The third kappa shape index (κ3) is 4.36. The van der Waals surface area contributed by atoms with E-state index >= 15 is 0 Å². The van der Waals surface area contributed by atoms with Crippen molar-refractivity contribution >= 4 is 39.8 Å². The topological polar surface area (TPSA) is 18.8 Å². The molecule has 2 heterocycles. The summed E-state index contributed by atoms with van der Waals surface area (Å²) in [4.78, 5) is 2.29. The standard InChI is InChI=1S/C31H25N3S/c1-4-10-26(11-5-1)33(27-12-6-2-7-13-27)28-18-16-24(17-19-28)31-22-30(25-20-21-35-23-25)32-34(31)29-14-8-3-9-15-29/h1-21,23,31H,22H2. The summed E-state index contributed by atoms with van der Waals surface area (Å²) < 4.78 is 0. The van der Waals surface area contributed by atoms with E-state index in [1.165, 1.54) is 11.1 Å². The Bertz CT molecular complexity index is 1360. The summed E-state index contributed by atoms with van der Waals surface area (Å²) in [5, 5.41) is 11.5. The largest absolute Gasteiger partial charge is 0.311 e. The summed E-state index contributed by atoms with van der Waals surface area (Å²) in [6, 6.07) is 42.8. The van der Waals surface area contributed by atoms with Crippen molar-refractivity contribution in [2.75, 3.05) is 9.91 Å². The molecule has 0 bridgehead atoms. The maximum Gasteiger partial charge on any atom is 0.0831 e. The first-order valence-electron chi connectivity index (χ1n) is 11.8. The normalized spacial score (nSPS) is 15.1. The highest BCUT2D eigenvalue weighted by Gasteiger charge is 2.30. The van der Waals surface area contributed by atoms with Gasteiger partial charge < -0.3 is 4.90 Å². The van der Waals surface area contributed by atoms with Crippen molar-refractivity contribution in [2.45, 2.75) is 12.5 Å². The second-order valence-electron chi connectivity index (χ2n) is 8.56. The van der Waals surface area contributed by atoms with Gasteiger partial charge in [-0.3, -0.25) is 5.01 Å². The Morgan fingerprint density at radius 2 is 1.23 bits per heavy atom. The molecule has 0 saturated heterocycles. The van der Waals surface area contributed by atoms with Crippen LogP contribution in [0.4, 0.5) is 22.7 Å². The number of para-hydroxylation sites is 3. The van der Waals surface area contributed by atoms with Crippen LogP contribution < -0.4 is 9.91 Å². The van der Waals surface area contributed by atoms with E-state index in [-0.39, 0.29) is 6.04 Å². The molecule has 3 nitrogen and oxygen atoms in total. The molecule has 6 rings (SSSR count). The minimum atomic E-state index is 0.156. The van der Waals surface area contributed by atoms with Crippen molar-refractivity contribution in [2.24, 2.45) is 5.10 Å². The lowest BCUT2D eigenvalue weighted by atomic mass is 9.99. The van der Waals surface area contributed by atoms with E-state index in [0.29, 0.717) is 0 Å². The Labute approximate surface area is 210 Å². The molecule has 35 heavy (non-hydrogen) atoms. The molecular weight excluding hydrogens is 446 g/mol. The molecule has 1 unspecified atom stereocenters. The highest BCUT2D eigenvalue weighted by Crippen LogP contribution is 2.39. The number of hydrazone groups is 1. The van der Waals surface area contributed by atoms with E-state index < -0.39 is 0 Å². The van der Waals surface area contributed by atoms with Crippen molar-refractivity contribution in [1.82, 2.24) is 0 Å². The SMILES string of the molecule is c1ccc(N(c2ccccc2)c2ccc(C3CC(c4ccsc4)=NN3c3ccccc3)cc2)cc1. The molecule has 0 N–H and O–H groups in total. The van der Waals surface area contributed by atoms with Crippen LogP contribution in [-0.2, 0) is 0 Å². The van der Waals surface area contributed by atoms with Crippen LogP contribution in [0, 0.1) is 0 Å². The van der Waals surface area contributed by atoms with Gasteiger partial charge in [-0.1, -0.05) is 66.7 Å². The van der Waals surface area contributed by atoms with Crippen LogP contribution in [0.1, 0.15) is 23.6 Å². The van der Waals surface area contributed by atoms with E-state index in [4.69, 9.17) is 5.10 Å². The van der Waals surface area contributed by atoms with Gasteiger partial charge in [-0.25, -0.2) is 0 Å². The monoisotopic (exact) mass is 471 g/mol. The maximum absolute atomic E-state index is 5.06. The molecule has 1 aromatic heterocycles. The number of thiophene rings is 1. The zero-order valence-electron chi connectivity index (χ0n) is 19.2. The summed E-state index contributed by atoms with van der Waals surface area (Å²) >= 11 is 1.72. The van der Waals surface area contributed by atoms with Gasteiger partial charge in [0.05, 0.1) is 17.4 Å². The van der Waals surface area contributed by atoms with Crippen LogP contribution in [0.25, 0.3) is 0 Å². The summed E-state index contributed by atoms with van der Waals surface area (Å²) in [5.41, 5.74) is 8.14. The molecule has 1 aliphatic rings. The molecule has 5 aromatic rings. The highest BCUT2D eigenvalue weighted by atomic mass is 32.1. The lowest BCUT2D eigenvalue weighted by Crippen LogP contribution is -2.18. The maximum atomic E-state index is 5.06. The van der Waals surface area contributed by atoms with Gasteiger partial charge >= 0.3 is 0 Å². The highest BCUT2D eigenvalue weighted by molar-refractivity contribution is 7.08. The van der Waals surface area contributed by atoms with Gasteiger partial charge in [0.25, 0.3) is 0 Å². The third-order valence-corrected chi connectivity index (χ3v) is 7.03. The average Bonchev–Trinajstić information content (AvgIpc) is 3.62. The summed E-state index contributed by atoms with van der Waals surface area (Å²) in [7, 11) is 0. The van der Waals surface area contributed by atoms with Crippen LogP contribution in [0.3, 0.4) is 0 Å². The summed E-state index contributed by atoms with van der Waals surface area (Å²) in [6.07, 6.45) is 0.881. The van der Waals surface area contributed by atoms with Crippen molar-refractivity contribution in [1.29, 1.82) is 0 Å². The molecule has 1 atom stereocenters. The molecule has 1 aliphatic heterocycles. The minimum Gasteiger partial charge on any atom is -0.311 e. The Balaban J connectivity index is 1.36. The number of nitrogens with zero attached hydrogens (tertiary/aromatic N) is 3. The zero-order chi connectivity index (χ0) is 23.5. The average molecular weight is 472 g/mol. The van der Waals surface area contributed by atoms with Crippen molar-refractivity contribution in [3.05, 3.63) is 143 Å². The fourth-order valence-corrected chi connectivity index (χ4v) is 5.30. The van der Waals surface area contributed by atoms with Gasteiger partial charge in [-0.05, 0) is 70.9 Å². The fourth-order valence-electron chi connectivity index (χ4n) is 4.64. The molecule has 4 aromatic carbocycles. The molecule has 0 amide bonds. The minimum absolute atomic E-state index is 0.156. The van der Waals surface area contributed by atoms with E-state index in [1.54, 1.807) is 11.3 Å². The Kier molecular flexibility index (Phi) is 5.87. The van der Waals surface area contributed by atoms with E-state index in [1.807, 2.05) is 0 Å². The second-order valence-corrected chi connectivity index (χ2v) is 9.34. The number of rotatable bonds is 6. The number of hydrogen-bond donors (Lipinski definition) is 0. The molecule has 4 heteroatoms. The molecular formula is C31H25N3S. The van der Waals surface area contributed by atoms with Crippen molar-refractivity contribution in [3.63, 3.8) is 0 Å². The smallest absolute Gasteiger partial charge is 0.0831 e. The molecule has 170 valence electrons. The van der Waals surface area contributed by atoms with E-state index in [0.717, 1.165) is 34.9 Å². The van der Waals surface area contributed by atoms with Gasteiger partial charge in [0.15, 0.2) is 0 Å². The van der Waals surface area contributed by atoms with E-state index in [9.17, 15) is 0 Å². The molecule has 0 radical (unpaired) electrons. The number of anilines is 4. The molecule has 0 saturated carbocycles. The van der Waals surface area contributed by atoms with Crippen LogP contribution in [0.5, 0.6) is 0 Å². The van der Waals surface area contributed by atoms with Gasteiger partial charge in [0.2, 0.25) is 0 Å². The second kappa shape index (κ2) is 9.61. The van der Waals surface area contributed by atoms with Gasteiger partial charge in [-0.2, -0.15) is 16.4 Å². The third-order valence-electron chi connectivity index (χ3n) is 6.35. The Hall–Kier alpha value is -4.15. The van der Waals surface area contributed by atoms with Gasteiger partial charge in [0.1, 0.15) is 0 Å². The van der Waals surface area contributed by atoms with E-state index in [2.05, 4.69) is 142 Å². The summed E-state index contributed by atoms with van der Waals surface area (Å²) in [6.45, 7) is 0. The first-order chi connectivity index (χ1) is 17.4. The Morgan fingerprint density at radius 1 is 0.657 bits per heavy atom. The number of benzene rings is 4. The number of hydrogen-bond acceptors (Lipinski definition) is 4. The van der Waals surface area contributed by atoms with Crippen LogP contribution in [0.15, 0.2) is 137 Å². The van der Waals surface area contributed by atoms with Crippen LogP contribution >= 0.6 is 11.3 Å². The first-order valence-corrected chi connectivity index (χ1v) is 12.8.